The van der Waals surface area contributed by atoms with E-state index in [0.29, 0.717) is 13.0 Å². The van der Waals surface area contributed by atoms with Crippen molar-refractivity contribution < 1.29 is 17.9 Å². The van der Waals surface area contributed by atoms with Crippen LogP contribution in [0.2, 0.25) is 0 Å². The highest BCUT2D eigenvalue weighted by Crippen LogP contribution is 2.43. The fourth-order valence-corrected chi connectivity index (χ4v) is 6.00. The van der Waals surface area contributed by atoms with E-state index in [2.05, 4.69) is 16.8 Å². The topological polar surface area (TPSA) is 31.5 Å². The summed E-state index contributed by atoms with van der Waals surface area (Å²) in [5.74, 6) is -0.367. The van der Waals surface area contributed by atoms with Crippen molar-refractivity contribution in [3.63, 3.8) is 0 Å². The van der Waals surface area contributed by atoms with E-state index in [0.717, 1.165) is 54.1 Å². The van der Waals surface area contributed by atoms with Gasteiger partial charge in [0.1, 0.15) is 23.1 Å². The number of fused-ring (bicyclic) bond motifs is 3. The molecule has 4 nitrogen and oxygen atoms in total. The molecule has 200 valence electrons. The molecular weight excluding hydrogens is 475 g/mol. The quantitative estimate of drug-likeness (QED) is 0.326. The summed E-state index contributed by atoms with van der Waals surface area (Å²) in [5.41, 5.74) is 1.09. The molecule has 0 spiro atoms. The Bertz CT molecular complexity index is 1220. The number of benzene rings is 2. The van der Waals surface area contributed by atoms with Gasteiger partial charge in [-0.1, -0.05) is 31.5 Å². The number of para-hydroxylation sites is 1. The summed E-state index contributed by atoms with van der Waals surface area (Å²) >= 11 is 0. The first-order chi connectivity index (χ1) is 17.6. The number of hydrogen-bond donors (Lipinski definition) is 1. The minimum Gasteiger partial charge on any atom is -0.493 e. The summed E-state index contributed by atoms with van der Waals surface area (Å²) in [6.45, 7) is 10.8. The van der Waals surface area contributed by atoms with E-state index in [1.807, 2.05) is 36.1 Å². The number of ether oxygens (including phenoxy) is 1. The molecule has 2 aromatic carbocycles. The van der Waals surface area contributed by atoms with E-state index >= 15 is 8.78 Å². The molecular formula is C30H38F3N3O. The van der Waals surface area contributed by atoms with Crippen molar-refractivity contribution in [2.24, 2.45) is 5.92 Å². The first-order valence-electron chi connectivity index (χ1n) is 13.5. The van der Waals surface area contributed by atoms with Crippen molar-refractivity contribution in [2.75, 3.05) is 32.8 Å². The highest BCUT2D eigenvalue weighted by atomic mass is 19.1. The second-order valence-electron chi connectivity index (χ2n) is 11.4. The van der Waals surface area contributed by atoms with Crippen LogP contribution < -0.4 is 4.74 Å². The van der Waals surface area contributed by atoms with Crippen LogP contribution in [0.15, 0.2) is 36.4 Å². The Balaban J connectivity index is 1.42. The van der Waals surface area contributed by atoms with Crippen molar-refractivity contribution in [1.29, 1.82) is 0 Å². The molecule has 0 saturated carbocycles. The van der Waals surface area contributed by atoms with Gasteiger partial charge in [0.2, 0.25) is 0 Å². The molecule has 0 aliphatic carbocycles. The molecule has 2 aliphatic heterocycles. The Morgan fingerprint density at radius 1 is 1.11 bits per heavy atom. The molecule has 1 saturated heterocycles. The first kappa shape index (κ1) is 26.1. The largest absolute Gasteiger partial charge is 0.493 e. The zero-order chi connectivity index (χ0) is 26.3. The Hall–Kier alpha value is -2.51. The number of nitrogens with one attached hydrogen (secondary N) is 1. The van der Waals surface area contributed by atoms with E-state index in [-0.39, 0.29) is 23.9 Å². The zero-order valence-electron chi connectivity index (χ0n) is 22.3. The lowest BCUT2D eigenvalue weighted by molar-refractivity contribution is 0.0642. The fourth-order valence-electron chi connectivity index (χ4n) is 6.00. The van der Waals surface area contributed by atoms with Crippen molar-refractivity contribution in [3.05, 3.63) is 64.9 Å². The van der Waals surface area contributed by atoms with Crippen LogP contribution in [0, 0.1) is 17.6 Å². The van der Waals surface area contributed by atoms with Crippen LogP contribution in [0.25, 0.3) is 10.9 Å². The molecule has 1 aromatic heterocycles. The third-order valence-corrected chi connectivity index (χ3v) is 7.90. The molecule has 2 aliphatic rings. The summed E-state index contributed by atoms with van der Waals surface area (Å²) in [5, 5.41) is 1.04. The SMILES string of the molecule is CCC1CN(CCCOc2cc(F)c([C@@H]3c4[nH]c5ccccc5c4C[C@@H](C)N3CC(C)(C)F)c(F)c2)C1. The van der Waals surface area contributed by atoms with E-state index in [1.165, 1.54) is 32.4 Å². The minimum absolute atomic E-state index is 0.0557. The van der Waals surface area contributed by atoms with Crippen LogP contribution in [-0.2, 0) is 6.42 Å². The number of aromatic amines is 1. The van der Waals surface area contributed by atoms with E-state index in [1.54, 1.807) is 0 Å². The Kier molecular flexibility index (Phi) is 7.29. The van der Waals surface area contributed by atoms with Crippen molar-refractivity contribution in [1.82, 2.24) is 14.8 Å². The first-order valence-corrected chi connectivity index (χ1v) is 13.5. The third-order valence-electron chi connectivity index (χ3n) is 7.90. The van der Waals surface area contributed by atoms with Crippen molar-refractivity contribution in [2.45, 2.75) is 64.7 Å². The molecule has 0 amide bonds. The van der Waals surface area contributed by atoms with Gasteiger partial charge in [0.15, 0.2) is 0 Å². The summed E-state index contributed by atoms with van der Waals surface area (Å²) in [7, 11) is 0. The fraction of sp³-hybridized carbons (Fsp3) is 0.533. The van der Waals surface area contributed by atoms with Crippen LogP contribution in [0.5, 0.6) is 5.75 Å². The van der Waals surface area contributed by atoms with Gasteiger partial charge in [0.05, 0.1) is 12.6 Å². The second-order valence-corrected chi connectivity index (χ2v) is 11.4. The maximum absolute atomic E-state index is 15.7. The average Bonchev–Trinajstić information content (AvgIpc) is 3.16. The number of nitrogens with zero attached hydrogens (tertiary/aromatic N) is 2. The maximum Gasteiger partial charge on any atom is 0.135 e. The van der Waals surface area contributed by atoms with Gasteiger partial charge in [-0.2, -0.15) is 0 Å². The molecule has 3 aromatic rings. The molecule has 7 heteroatoms. The molecule has 1 N–H and O–H groups in total. The van der Waals surface area contributed by atoms with Crippen LogP contribution >= 0.6 is 0 Å². The molecule has 0 radical (unpaired) electrons. The van der Waals surface area contributed by atoms with Crippen LogP contribution in [0.3, 0.4) is 0 Å². The number of likely N-dealkylation sites (tertiary alicyclic amines) is 1. The lowest BCUT2D eigenvalue weighted by atomic mass is 9.87. The van der Waals surface area contributed by atoms with Crippen molar-refractivity contribution in [3.8, 4) is 5.75 Å². The highest BCUT2D eigenvalue weighted by Gasteiger charge is 2.41. The van der Waals surface area contributed by atoms with Crippen molar-refractivity contribution >= 4 is 10.9 Å². The second kappa shape index (κ2) is 10.3. The van der Waals surface area contributed by atoms with Gasteiger partial charge < -0.3 is 14.6 Å². The molecule has 5 rings (SSSR count). The number of halogens is 3. The summed E-state index contributed by atoms with van der Waals surface area (Å²) < 4.78 is 52.1. The third kappa shape index (κ3) is 5.39. The number of H-pyrrole nitrogens is 1. The van der Waals surface area contributed by atoms with Gasteiger partial charge >= 0.3 is 0 Å². The Labute approximate surface area is 217 Å². The number of alkyl halides is 1. The molecule has 0 bridgehead atoms. The smallest absolute Gasteiger partial charge is 0.135 e. The minimum atomic E-state index is -1.53. The van der Waals surface area contributed by atoms with Gasteiger partial charge in [0, 0.05) is 66.5 Å². The predicted octanol–water partition coefficient (Wildman–Crippen LogP) is 6.64. The standard InChI is InChI=1S/C30H38F3N3O/c1-5-20-16-35(17-20)11-8-12-37-21-14-24(31)27(25(32)15-21)29-28-23(22-9-6-7-10-26(22)34-28)13-19(2)36(29)18-30(3,4)33/h6-7,9-10,14-15,19-20,29,34H,5,8,11-13,16-18H2,1-4H3/t19-,29-/m1/s1. The normalized spacial score (nSPS) is 21.3. The predicted molar refractivity (Wildman–Crippen MR) is 142 cm³/mol. The number of hydrogen-bond acceptors (Lipinski definition) is 3. The van der Waals surface area contributed by atoms with Gasteiger partial charge in [-0.15, -0.1) is 0 Å². The maximum atomic E-state index is 15.7. The molecule has 0 unspecified atom stereocenters. The van der Waals surface area contributed by atoms with Gasteiger partial charge in [-0.05, 0) is 51.2 Å². The molecule has 37 heavy (non-hydrogen) atoms. The summed E-state index contributed by atoms with van der Waals surface area (Å²) in [6, 6.07) is 9.56. The van der Waals surface area contributed by atoms with E-state index < -0.39 is 23.3 Å². The monoisotopic (exact) mass is 513 g/mol. The highest BCUT2D eigenvalue weighted by molar-refractivity contribution is 5.85. The lowest BCUT2D eigenvalue weighted by Crippen LogP contribution is -2.48. The van der Waals surface area contributed by atoms with Crippen LogP contribution in [0.1, 0.15) is 63.4 Å². The Morgan fingerprint density at radius 2 is 1.81 bits per heavy atom. The van der Waals surface area contributed by atoms with Gasteiger partial charge in [0.25, 0.3) is 0 Å². The van der Waals surface area contributed by atoms with E-state index in [9.17, 15) is 4.39 Å². The average molecular weight is 514 g/mol. The van der Waals surface area contributed by atoms with Gasteiger partial charge in [-0.25, -0.2) is 13.2 Å². The number of rotatable bonds is 9. The molecule has 2 atom stereocenters. The molecule has 1 fully saturated rings. The van der Waals surface area contributed by atoms with Crippen LogP contribution in [0.4, 0.5) is 13.2 Å². The van der Waals surface area contributed by atoms with Crippen LogP contribution in [-0.4, -0.2) is 59.3 Å². The summed E-state index contributed by atoms with van der Waals surface area (Å²) in [4.78, 5) is 7.67. The lowest BCUT2D eigenvalue weighted by Gasteiger charge is -2.43. The number of aromatic nitrogens is 1. The van der Waals surface area contributed by atoms with Gasteiger partial charge in [-0.3, -0.25) is 4.90 Å². The Morgan fingerprint density at radius 3 is 2.49 bits per heavy atom. The summed E-state index contributed by atoms with van der Waals surface area (Å²) in [6.07, 6.45) is 2.68. The molecule has 3 heterocycles. The zero-order valence-corrected chi connectivity index (χ0v) is 22.3. The van der Waals surface area contributed by atoms with E-state index in [4.69, 9.17) is 4.74 Å².